The average molecular weight is 293 g/mol. The number of hydrogen-bond acceptors (Lipinski definition) is 4. The molecule has 1 amide bonds. The Morgan fingerprint density at radius 1 is 1.35 bits per heavy atom. The molecular formula is C14H17ClN4O. The molecule has 0 saturated heterocycles. The van der Waals surface area contributed by atoms with Gasteiger partial charge in [-0.2, -0.15) is 0 Å². The first kappa shape index (κ1) is 14.7. The molecule has 2 rings (SSSR count). The molecule has 1 atom stereocenters. The Balaban J connectivity index is 2.34. The van der Waals surface area contributed by atoms with Crippen molar-refractivity contribution in [1.82, 2.24) is 9.97 Å². The van der Waals surface area contributed by atoms with Crippen LogP contribution in [-0.4, -0.2) is 22.4 Å². The molecule has 0 aliphatic heterocycles. The molecule has 1 aromatic heterocycles. The number of hydrogen-bond donors (Lipinski definition) is 2. The number of halogens is 1. The molecule has 0 aliphatic carbocycles. The number of para-hydroxylation sites is 2. The molecule has 0 saturated carbocycles. The lowest BCUT2D eigenvalue weighted by molar-refractivity contribution is -0.124. The number of anilines is 1. The molecule has 0 bridgehead atoms. The number of carbonyl (C=O) groups excluding carboxylic acids is 1. The van der Waals surface area contributed by atoms with Gasteiger partial charge in [-0.15, -0.1) is 0 Å². The molecule has 0 radical (unpaired) electrons. The highest BCUT2D eigenvalue weighted by Gasteiger charge is 2.30. The summed E-state index contributed by atoms with van der Waals surface area (Å²) in [5.41, 5.74) is 6.40. The van der Waals surface area contributed by atoms with E-state index in [4.69, 9.17) is 17.3 Å². The lowest BCUT2D eigenvalue weighted by Gasteiger charge is -2.24. The summed E-state index contributed by atoms with van der Waals surface area (Å²) >= 11 is 6.06. The molecule has 1 aromatic carbocycles. The van der Waals surface area contributed by atoms with Gasteiger partial charge < -0.3 is 11.1 Å². The largest absolute Gasteiger partial charge is 0.329 e. The fourth-order valence-electron chi connectivity index (χ4n) is 1.71. The monoisotopic (exact) mass is 292 g/mol. The van der Waals surface area contributed by atoms with Gasteiger partial charge >= 0.3 is 0 Å². The van der Waals surface area contributed by atoms with Gasteiger partial charge in [0.2, 0.25) is 5.91 Å². The SMILES string of the molecule is CCC(C)(CN)C(=O)Nc1nc2ccccc2nc1Cl. The van der Waals surface area contributed by atoms with Crippen LogP contribution in [0.25, 0.3) is 11.0 Å². The molecule has 3 N–H and O–H groups in total. The van der Waals surface area contributed by atoms with Gasteiger partial charge in [0, 0.05) is 6.54 Å². The Labute approximate surface area is 122 Å². The van der Waals surface area contributed by atoms with Crippen LogP contribution >= 0.6 is 11.6 Å². The summed E-state index contributed by atoms with van der Waals surface area (Å²) in [6.07, 6.45) is 0.633. The second-order valence-electron chi connectivity index (χ2n) is 4.92. The van der Waals surface area contributed by atoms with Crippen LogP contribution in [0.4, 0.5) is 5.82 Å². The van der Waals surface area contributed by atoms with Crippen LogP contribution in [-0.2, 0) is 4.79 Å². The number of nitrogens with two attached hydrogens (primary N) is 1. The fourth-order valence-corrected chi connectivity index (χ4v) is 1.89. The van der Waals surface area contributed by atoms with E-state index >= 15 is 0 Å². The summed E-state index contributed by atoms with van der Waals surface area (Å²) in [5, 5.41) is 2.89. The Kier molecular flexibility index (Phi) is 4.20. The molecule has 6 heteroatoms. The van der Waals surface area contributed by atoms with Crippen LogP contribution in [0.15, 0.2) is 24.3 Å². The Morgan fingerprint density at radius 2 is 1.95 bits per heavy atom. The van der Waals surface area contributed by atoms with Gasteiger partial charge in [-0.3, -0.25) is 4.79 Å². The number of nitrogens with zero attached hydrogens (tertiary/aromatic N) is 2. The molecule has 5 nitrogen and oxygen atoms in total. The van der Waals surface area contributed by atoms with Crippen LogP contribution in [0.1, 0.15) is 20.3 Å². The highest BCUT2D eigenvalue weighted by atomic mass is 35.5. The van der Waals surface area contributed by atoms with Crippen molar-refractivity contribution < 1.29 is 4.79 Å². The molecule has 0 spiro atoms. The van der Waals surface area contributed by atoms with E-state index in [0.717, 1.165) is 0 Å². The van der Waals surface area contributed by atoms with Gasteiger partial charge in [0.1, 0.15) is 0 Å². The third-order valence-electron chi connectivity index (χ3n) is 3.54. The van der Waals surface area contributed by atoms with Crippen LogP contribution < -0.4 is 11.1 Å². The summed E-state index contributed by atoms with van der Waals surface area (Å²) in [6.45, 7) is 3.98. The smallest absolute Gasteiger partial charge is 0.232 e. The quantitative estimate of drug-likeness (QED) is 0.907. The molecule has 0 aliphatic rings. The van der Waals surface area contributed by atoms with E-state index < -0.39 is 5.41 Å². The highest BCUT2D eigenvalue weighted by molar-refractivity contribution is 6.32. The predicted octanol–water partition coefficient (Wildman–Crippen LogP) is 2.60. The van der Waals surface area contributed by atoms with E-state index in [-0.39, 0.29) is 23.4 Å². The first-order valence-corrected chi connectivity index (χ1v) is 6.82. The van der Waals surface area contributed by atoms with Crippen molar-refractivity contribution in [3.05, 3.63) is 29.4 Å². The van der Waals surface area contributed by atoms with Crippen molar-refractivity contribution in [3.63, 3.8) is 0 Å². The standard InChI is InChI=1S/C14H17ClN4O/c1-3-14(2,8-16)13(20)19-12-11(15)17-9-6-4-5-7-10(9)18-12/h4-7H,3,8,16H2,1-2H3,(H,18,19,20). The fraction of sp³-hybridized carbons (Fsp3) is 0.357. The maximum Gasteiger partial charge on any atom is 0.232 e. The lowest BCUT2D eigenvalue weighted by atomic mass is 9.87. The summed E-state index contributed by atoms with van der Waals surface area (Å²) in [6, 6.07) is 7.34. The zero-order valence-corrected chi connectivity index (χ0v) is 12.2. The van der Waals surface area contributed by atoms with E-state index in [1.165, 1.54) is 0 Å². The van der Waals surface area contributed by atoms with Crippen LogP contribution in [0.2, 0.25) is 5.15 Å². The van der Waals surface area contributed by atoms with Crippen LogP contribution in [0, 0.1) is 5.41 Å². The zero-order valence-electron chi connectivity index (χ0n) is 11.5. The number of carbonyl (C=O) groups is 1. The zero-order chi connectivity index (χ0) is 14.8. The first-order chi connectivity index (χ1) is 9.50. The van der Waals surface area contributed by atoms with E-state index in [9.17, 15) is 4.79 Å². The predicted molar refractivity (Wildman–Crippen MR) is 80.6 cm³/mol. The van der Waals surface area contributed by atoms with Crippen LogP contribution in [0.3, 0.4) is 0 Å². The van der Waals surface area contributed by atoms with Crippen LogP contribution in [0.5, 0.6) is 0 Å². The molecule has 1 heterocycles. The van der Waals surface area contributed by atoms with Gasteiger partial charge in [-0.05, 0) is 25.5 Å². The van der Waals surface area contributed by atoms with Crippen molar-refractivity contribution in [2.75, 3.05) is 11.9 Å². The van der Waals surface area contributed by atoms with E-state index in [0.29, 0.717) is 17.5 Å². The topological polar surface area (TPSA) is 80.9 Å². The molecule has 0 fully saturated rings. The Bertz CT molecular complexity index is 640. The van der Waals surface area contributed by atoms with Gasteiger partial charge in [-0.1, -0.05) is 30.7 Å². The summed E-state index contributed by atoms with van der Waals surface area (Å²) in [4.78, 5) is 20.8. The molecule has 106 valence electrons. The van der Waals surface area contributed by atoms with Crippen molar-refractivity contribution in [3.8, 4) is 0 Å². The number of benzene rings is 1. The van der Waals surface area contributed by atoms with Gasteiger partial charge in [-0.25, -0.2) is 9.97 Å². The molecule has 1 unspecified atom stereocenters. The highest BCUT2D eigenvalue weighted by Crippen LogP contribution is 2.25. The number of aromatic nitrogens is 2. The second kappa shape index (κ2) is 5.73. The Morgan fingerprint density at radius 3 is 2.50 bits per heavy atom. The molecule has 2 aromatic rings. The number of amides is 1. The minimum absolute atomic E-state index is 0.174. The maximum atomic E-state index is 12.3. The van der Waals surface area contributed by atoms with E-state index in [2.05, 4.69) is 15.3 Å². The number of rotatable bonds is 4. The maximum absolute atomic E-state index is 12.3. The lowest BCUT2D eigenvalue weighted by Crippen LogP contribution is -2.39. The minimum Gasteiger partial charge on any atom is -0.329 e. The summed E-state index contributed by atoms with van der Waals surface area (Å²) in [5.74, 6) is 0.0671. The van der Waals surface area contributed by atoms with Gasteiger partial charge in [0.05, 0.1) is 16.4 Å². The van der Waals surface area contributed by atoms with Crippen molar-refractivity contribution in [2.24, 2.45) is 11.1 Å². The summed E-state index contributed by atoms with van der Waals surface area (Å²) in [7, 11) is 0. The average Bonchev–Trinajstić information content (AvgIpc) is 2.47. The van der Waals surface area contributed by atoms with E-state index in [1.54, 1.807) is 0 Å². The first-order valence-electron chi connectivity index (χ1n) is 6.44. The normalized spacial score (nSPS) is 14.0. The molecular weight excluding hydrogens is 276 g/mol. The van der Waals surface area contributed by atoms with Gasteiger partial charge in [0.15, 0.2) is 11.0 Å². The van der Waals surface area contributed by atoms with Crippen molar-refractivity contribution in [1.29, 1.82) is 0 Å². The second-order valence-corrected chi connectivity index (χ2v) is 5.28. The third kappa shape index (κ3) is 2.73. The third-order valence-corrected chi connectivity index (χ3v) is 3.80. The van der Waals surface area contributed by atoms with Gasteiger partial charge in [0.25, 0.3) is 0 Å². The number of fused-ring (bicyclic) bond motifs is 1. The van der Waals surface area contributed by atoms with Crippen molar-refractivity contribution >= 4 is 34.4 Å². The molecule has 20 heavy (non-hydrogen) atoms. The Hall–Kier alpha value is -1.72. The van der Waals surface area contributed by atoms with E-state index in [1.807, 2.05) is 38.1 Å². The van der Waals surface area contributed by atoms with Crippen molar-refractivity contribution in [2.45, 2.75) is 20.3 Å². The summed E-state index contributed by atoms with van der Waals surface area (Å²) < 4.78 is 0. The number of nitrogens with one attached hydrogen (secondary N) is 1. The minimum atomic E-state index is -0.642.